The molecule has 74 valence electrons. The Morgan fingerprint density at radius 1 is 1.13 bits per heavy atom. The van der Waals surface area contributed by atoms with Gasteiger partial charge in [-0.1, -0.05) is 30.3 Å². The largest absolute Gasteiger partial charge is 0.298 e. The predicted octanol–water partition coefficient (Wildman–Crippen LogP) is 2.32. The van der Waals surface area contributed by atoms with Crippen molar-refractivity contribution in [1.29, 1.82) is 0 Å². The lowest BCUT2D eigenvalue weighted by Crippen LogP contribution is -1.84. The molecule has 2 rings (SSSR count). The average Bonchev–Trinajstić information content (AvgIpc) is 2.76. The van der Waals surface area contributed by atoms with Gasteiger partial charge in [-0.05, 0) is 11.6 Å². The first-order valence-corrected chi connectivity index (χ1v) is 4.61. The van der Waals surface area contributed by atoms with E-state index in [0.717, 1.165) is 11.8 Å². The fourth-order valence-electron chi connectivity index (χ4n) is 1.22. The summed E-state index contributed by atoms with van der Waals surface area (Å²) in [5.41, 5.74) is 1.67. The van der Waals surface area contributed by atoms with Crippen LogP contribution in [0.15, 0.2) is 42.7 Å². The molecule has 0 aliphatic carbocycles. The van der Waals surface area contributed by atoms with Gasteiger partial charge in [0.2, 0.25) is 0 Å². The summed E-state index contributed by atoms with van der Waals surface area (Å²) in [6, 6.07) is 9.91. The molecule has 0 bridgehead atoms. The molecule has 3 nitrogen and oxygen atoms in total. The first-order chi connectivity index (χ1) is 7.38. The quantitative estimate of drug-likeness (QED) is 0.709. The second-order valence-electron chi connectivity index (χ2n) is 3.10. The normalized spacial score (nSPS) is 10.7. The molecule has 0 aliphatic rings. The van der Waals surface area contributed by atoms with Crippen molar-refractivity contribution in [1.82, 2.24) is 9.78 Å². The van der Waals surface area contributed by atoms with E-state index in [4.69, 9.17) is 0 Å². The van der Waals surface area contributed by atoms with Crippen molar-refractivity contribution < 1.29 is 4.79 Å². The van der Waals surface area contributed by atoms with Crippen LogP contribution in [0.25, 0.3) is 12.3 Å². The lowest BCUT2D eigenvalue weighted by molar-refractivity contribution is 0.112. The van der Waals surface area contributed by atoms with Crippen LogP contribution >= 0.6 is 0 Å². The number of rotatable bonds is 3. The molecule has 0 aliphatic heterocycles. The highest BCUT2D eigenvalue weighted by Crippen LogP contribution is 2.02. The molecule has 0 atom stereocenters. The molecule has 0 saturated heterocycles. The standard InChI is InChI=1S/C12H10N2O/c15-10-12-8-13-14(9-12)7-6-11-4-2-1-3-5-11/h1-10H. The van der Waals surface area contributed by atoms with Gasteiger partial charge in [0.05, 0.1) is 11.8 Å². The Morgan fingerprint density at radius 2 is 1.93 bits per heavy atom. The van der Waals surface area contributed by atoms with Gasteiger partial charge in [-0.3, -0.25) is 4.79 Å². The maximum atomic E-state index is 10.4. The van der Waals surface area contributed by atoms with Crippen molar-refractivity contribution in [3.8, 4) is 0 Å². The minimum absolute atomic E-state index is 0.577. The first-order valence-electron chi connectivity index (χ1n) is 4.61. The summed E-state index contributed by atoms with van der Waals surface area (Å²) < 4.78 is 1.61. The molecular weight excluding hydrogens is 188 g/mol. The van der Waals surface area contributed by atoms with Gasteiger partial charge in [0.25, 0.3) is 0 Å². The van der Waals surface area contributed by atoms with Gasteiger partial charge in [0.1, 0.15) is 0 Å². The molecule has 0 fully saturated rings. The summed E-state index contributed by atoms with van der Waals surface area (Å²) in [4.78, 5) is 10.4. The molecular formula is C12H10N2O. The molecule has 1 aromatic heterocycles. The number of hydrogen-bond donors (Lipinski definition) is 0. The van der Waals surface area contributed by atoms with Gasteiger partial charge in [0, 0.05) is 12.4 Å². The van der Waals surface area contributed by atoms with E-state index in [0.29, 0.717) is 5.56 Å². The Balaban J connectivity index is 2.15. The summed E-state index contributed by atoms with van der Waals surface area (Å²) in [6.07, 6.45) is 7.72. The molecule has 0 saturated carbocycles. The zero-order valence-corrected chi connectivity index (χ0v) is 8.08. The molecule has 0 amide bonds. The maximum Gasteiger partial charge on any atom is 0.153 e. The van der Waals surface area contributed by atoms with E-state index in [-0.39, 0.29) is 0 Å². The van der Waals surface area contributed by atoms with Crippen molar-refractivity contribution in [2.45, 2.75) is 0 Å². The van der Waals surface area contributed by atoms with Crippen molar-refractivity contribution in [3.63, 3.8) is 0 Å². The lowest BCUT2D eigenvalue weighted by Gasteiger charge is -1.91. The molecule has 15 heavy (non-hydrogen) atoms. The Bertz CT molecular complexity index is 471. The number of carbonyl (C=O) groups is 1. The van der Waals surface area contributed by atoms with Crippen molar-refractivity contribution in [2.24, 2.45) is 0 Å². The molecule has 2 aromatic rings. The second kappa shape index (κ2) is 4.37. The van der Waals surface area contributed by atoms with Gasteiger partial charge in [0.15, 0.2) is 6.29 Å². The fourth-order valence-corrected chi connectivity index (χ4v) is 1.22. The van der Waals surface area contributed by atoms with Crippen LogP contribution in [0.5, 0.6) is 0 Å². The van der Waals surface area contributed by atoms with Gasteiger partial charge in [-0.2, -0.15) is 5.10 Å². The van der Waals surface area contributed by atoms with Crippen LogP contribution < -0.4 is 0 Å². The van der Waals surface area contributed by atoms with Crippen LogP contribution in [0.1, 0.15) is 15.9 Å². The summed E-state index contributed by atoms with van der Waals surface area (Å²) in [6.45, 7) is 0. The van der Waals surface area contributed by atoms with E-state index >= 15 is 0 Å². The highest BCUT2D eigenvalue weighted by Gasteiger charge is 1.92. The maximum absolute atomic E-state index is 10.4. The highest BCUT2D eigenvalue weighted by molar-refractivity contribution is 5.74. The zero-order valence-electron chi connectivity index (χ0n) is 8.08. The Kier molecular flexibility index (Phi) is 2.74. The minimum Gasteiger partial charge on any atom is -0.298 e. The summed E-state index contributed by atoms with van der Waals surface area (Å²) in [5, 5.41) is 4.00. The Hall–Kier alpha value is -2.16. The van der Waals surface area contributed by atoms with Crippen LogP contribution in [0.4, 0.5) is 0 Å². The van der Waals surface area contributed by atoms with Crippen LogP contribution in [0.3, 0.4) is 0 Å². The van der Waals surface area contributed by atoms with E-state index < -0.39 is 0 Å². The highest BCUT2D eigenvalue weighted by atomic mass is 16.1. The first kappa shape index (κ1) is 9.40. The number of nitrogens with zero attached hydrogens (tertiary/aromatic N) is 2. The van der Waals surface area contributed by atoms with Crippen LogP contribution in [0.2, 0.25) is 0 Å². The lowest BCUT2D eigenvalue weighted by atomic mass is 10.2. The summed E-state index contributed by atoms with van der Waals surface area (Å²) >= 11 is 0. The van der Waals surface area contributed by atoms with Crippen LogP contribution in [0, 0.1) is 0 Å². The molecule has 0 spiro atoms. The zero-order chi connectivity index (χ0) is 10.5. The minimum atomic E-state index is 0.577. The van der Waals surface area contributed by atoms with Gasteiger partial charge >= 0.3 is 0 Å². The second-order valence-corrected chi connectivity index (χ2v) is 3.10. The summed E-state index contributed by atoms with van der Waals surface area (Å²) in [5.74, 6) is 0. The third-order valence-electron chi connectivity index (χ3n) is 1.98. The topological polar surface area (TPSA) is 34.9 Å². The molecule has 1 aromatic carbocycles. The summed E-state index contributed by atoms with van der Waals surface area (Å²) in [7, 11) is 0. The van der Waals surface area contributed by atoms with Crippen LogP contribution in [-0.2, 0) is 0 Å². The van der Waals surface area contributed by atoms with E-state index in [1.54, 1.807) is 10.9 Å². The monoisotopic (exact) mass is 198 g/mol. The number of aldehydes is 1. The van der Waals surface area contributed by atoms with Crippen LogP contribution in [-0.4, -0.2) is 16.1 Å². The molecule has 1 heterocycles. The number of benzene rings is 1. The predicted molar refractivity (Wildman–Crippen MR) is 59.3 cm³/mol. The van der Waals surface area contributed by atoms with Gasteiger partial charge < -0.3 is 0 Å². The van der Waals surface area contributed by atoms with Crippen molar-refractivity contribution in [2.75, 3.05) is 0 Å². The SMILES string of the molecule is O=Cc1cnn(C=Cc2ccccc2)c1. The molecule has 0 unspecified atom stereocenters. The smallest absolute Gasteiger partial charge is 0.153 e. The van der Waals surface area contributed by atoms with Gasteiger partial charge in [-0.25, -0.2) is 4.68 Å². The fraction of sp³-hybridized carbons (Fsp3) is 0. The van der Waals surface area contributed by atoms with E-state index in [1.165, 1.54) is 6.20 Å². The third-order valence-corrected chi connectivity index (χ3v) is 1.98. The average molecular weight is 198 g/mol. The third kappa shape index (κ3) is 2.40. The molecule has 3 heteroatoms. The Morgan fingerprint density at radius 3 is 2.60 bits per heavy atom. The molecule has 0 radical (unpaired) electrons. The van der Waals surface area contributed by atoms with E-state index in [9.17, 15) is 4.79 Å². The number of carbonyl (C=O) groups excluding carboxylic acids is 1. The van der Waals surface area contributed by atoms with E-state index in [1.807, 2.05) is 42.6 Å². The van der Waals surface area contributed by atoms with Crippen molar-refractivity contribution >= 4 is 18.6 Å². The molecule has 0 N–H and O–H groups in total. The van der Waals surface area contributed by atoms with Crippen molar-refractivity contribution in [3.05, 3.63) is 53.9 Å². The number of hydrogen-bond acceptors (Lipinski definition) is 2. The number of aromatic nitrogens is 2. The van der Waals surface area contributed by atoms with Gasteiger partial charge in [-0.15, -0.1) is 0 Å². The Labute approximate surface area is 87.7 Å². The van der Waals surface area contributed by atoms with E-state index in [2.05, 4.69) is 5.10 Å².